The predicted molar refractivity (Wildman–Crippen MR) is 65.6 cm³/mol. The fraction of sp³-hybridized carbons (Fsp3) is 0.200. The van der Waals surface area contributed by atoms with Gasteiger partial charge in [0.2, 0.25) is 5.16 Å². The van der Waals surface area contributed by atoms with Crippen LogP contribution < -0.4 is 0 Å². The number of halogens is 2. The van der Waals surface area contributed by atoms with Gasteiger partial charge in [-0.05, 0) is 18.2 Å². The molecule has 90 valence electrons. The van der Waals surface area contributed by atoms with Gasteiger partial charge in [0, 0.05) is 16.3 Å². The van der Waals surface area contributed by atoms with Crippen LogP contribution in [0, 0.1) is 5.82 Å². The summed E-state index contributed by atoms with van der Waals surface area (Å²) < 4.78 is 27.3. The molecule has 0 spiro atoms. The van der Waals surface area contributed by atoms with Crippen LogP contribution in [-0.2, 0) is 17.3 Å². The smallest absolute Gasteiger partial charge is 0.221 e. The molecule has 0 aliphatic heterocycles. The van der Waals surface area contributed by atoms with E-state index in [0.29, 0.717) is 10.7 Å². The summed E-state index contributed by atoms with van der Waals surface area (Å²) in [6.45, 7) is 0.257. The molecular formula is C10H9BrFN3OS. The second kappa shape index (κ2) is 5.05. The van der Waals surface area contributed by atoms with Gasteiger partial charge < -0.3 is 4.57 Å². The van der Waals surface area contributed by atoms with E-state index in [2.05, 4.69) is 26.1 Å². The average Bonchev–Trinajstić information content (AvgIpc) is 2.71. The van der Waals surface area contributed by atoms with Gasteiger partial charge in [-0.2, -0.15) is 0 Å². The maximum Gasteiger partial charge on any atom is 0.221 e. The molecule has 1 aromatic carbocycles. The van der Waals surface area contributed by atoms with Gasteiger partial charge in [0.15, 0.2) is 0 Å². The molecule has 0 amide bonds. The molecule has 0 aliphatic carbocycles. The molecular weight excluding hydrogens is 309 g/mol. The molecule has 4 nitrogen and oxygen atoms in total. The minimum atomic E-state index is -1.24. The second-order valence-electron chi connectivity index (χ2n) is 3.43. The van der Waals surface area contributed by atoms with Crippen molar-refractivity contribution in [3.05, 3.63) is 40.4 Å². The van der Waals surface area contributed by atoms with Crippen LogP contribution in [0.2, 0.25) is 0 Å². The summed E-state index contributed by atoms with van der Waals surface area (Å²) >= 11 is 3.28. The van der Waals surface area contributed by atoms with Crippen LogP contribution in [0.25, 0.3) is 0 Å². The number of hydrogen-bond donors (Lipinski definition) is 0. The molecule has 0 aliphatic rings. The first-order chi connectivity index (χ1) is 8.08. The van der Waals surface area contributed by atoms with E-state index in [4.69, 9.17) is 0 Å². The van der Waals surface area contributed by atoms with Crippen molar-refractivity contribution >= 4 is 26.7 Å². The van der Waals surface area contributed by atoms with Crippen molar-refractivity contribution in [3.8, 4) is 0 Å². The van der Waals surface area contributed by atoms with Crippen molar-refractivity contribution < 1.29 is 8.60 Å². The molecule has 0 fully saturated rings. The molecule has 0 saturated carbocycles. The van der Waals surface area contributed by atoms with Crippen LogP contribution in [0.15, 0.2) is 34.2 Å². The zero-order valence-corrected chi connectivity index (χ0v) is 11.3. The van der Waals surface area contributed by atoms with Crippen molar-refractivity contribution in [1.82, 2.24) is 14.8 Å². The molecule has 1 atom stereocenters. The molecule has 0 saturated heterocycles. The van der Waals surface area contributed by atoms with Crippen LogP contribution in [-0.4, -0.2) is 25.2 Å². The number of hydrogen-bond acceptors (Lipinski definition) is 3. The van der Waals surface area contributed by atoms with Crippen LogP contribution in [0.1, 0.15) is 5.56 Å². The Kier molecular flexibility index (Phi) is 3.68. The third kappa shape index (κ3) is 2.78. The number of rotatable bonds is 3. The van der Waals surface area contributed by atoms with Crippen LogP contribution in [0.3, 0.4) is 0 Å². The van der Waals surface area contributed by atoms with Gasteiger partial charge >= 0.3 is 0 Å². The third-order valence-corrected chi connectivity index (χ3v) is 3.51. The molecule has 17 heavy (non-hydrogen) atoms. The van der Waals surface area contributed by atoms with E-state index in [1.54, 1.807) is 16.7 Å². The van der Waals surface area contributed by atoms with Gasteiger partial charge in [-0.1, -0.05) is 15.9 Å². The third-order valence-electron chi connectivity index (χ3n) is 2.19. The lowest BCUT2D eigenvalue weighted by molar-refractivity contribution is 0.586. The Morgan fingerprint density at radius 3 is 3.00 bits per heavy atom. The van der Waals surface area contributed by atoms with Crippen molar-refractivity contribution in [3.63, 3.8) is 0 Å². The summed E-state index contributed by atoms with van der Waals surface area (Å²) in [6, 6.07) is 4.69. The van der Waals surface area contributed by atoms with Gasteiger partial charge in [-0.15, -0.1) is 10.2 Å². The highest BCUT2D eigenvalue weighted by atomic mass is 79.9. The van der Waals surface area contributed by atoms with Gasteiger partial charge in [0.05, 0.1) is 17.3 Å². The number of benzene rings is 1. The average molecular weight is 318 g/mol. The molecule has 0 unspecified atom stereocenters. The van der Waals surface area contributed by atoms with E-state index < -0.39 is 10.8 Å². The zero-order chi connectivity index (χ0) is 12.4. The summed E-state index contributed by atoms with van der Waals surface area (Å²) in [7, 11) is -1.24. The standard InChI is InChI=1S/C10H9BrFN3OS/c1-17(16)10-14-13-6-15(10)5-7-4-8(11)2-3-9(7)12/h2-4,6H,5H2,1H3/t17-/m1/s1. The van der Waals surface area contributed by atoms with Crippen LogP contribution in [0.5, 0.6) is 0 Å². The summed E-state index contributed by atoms with van der Waals surface area (Å²) in [5, 5.41) is 7.76. The fourth-order valence-corrected chi connectivity index (χ4v) is 2.44. The fourth-order valence-electron chi connectivity index (χ4n) is 1.42. The molecule has 1 heterocycles. The maximum absolute atomic E-state index is 13.5. The lowest BCUT2D eigenvalue weighted by Gasteiger charge is -2.06. The summed E-state index contributed by atoms with van der Waals surface area (Å²) in [6.07, 6.45) is 2.95. The predicted octanol–water partition coefficient (Wildman–Crippen LogP) is 1.97. The topological polar surface area (TPSA) is 47.8 Å². The Labute approximate surface area is 108 Å². The van der Waals surface area contributed by atoms with Crippen molar-refractivity contribution in [2.24, 2.45) is 0 Å². The van der Waals surface area contributed by atoms with Gasteiger partial charge in [-0.3, -0.25) is 4.21 Å². The SMILES string of the molecule is C[S@@](=O)c1nncn1Cc1cc(Br)ccc1F. The van der Waals surface area contributed by atoms with Crippen LogP contribution >= 0.6 is 15.9 Å². The van der Waals surface area contributed by atoms with Gasteiger partial charge in [-0.25, -0.2) is 4.39 Å². The second-order valence-corrected chi connectivity index (χ2v) is 5.62. The minimum absolute atomic E-state index is 0.257. The Balaban J connectivity index is 2.34. The number of aromatic nitrogens is 3. The monoisotopic (exact) mass is 317 g/mol. The molecule has 1 aromatic heterocycles. The molecule has 7 heteroatoms. The van der Waals surface area contributed by atoms with E-state index in [1.165, 1.54) is 18.6 Å². The molecule has 2 aromatic rings. The first-order valence-electron chi connectivity index (χ1n) is 4.73. The van der Waals surface area contributed by atoms with Crippen LogP contribution in [0.4, 0.5) is 4.39 Å². The normalized spacial score (nSPS) is 12.6. The molecule has 0 radical (unpaired) electrons. The molecule has 2 rings (SSSR count). The highest BCUT2D eigenvalue weighted by Crippen LogP contribution is 2.17. The van der Waals surface area contributed by atoms with Crippen molar-refractivity contribution in [2.75, 3.05) is 6.26 Å². The highest BCUT2D eigenvalue weighted by molar-refractivity contribution is 9.10. The van der Waals surface area contributed by atoms with E-state index in [0.717, 1.165) is 4.47 Å². The Bertz CT molecular complexity index is 572. The lowest BCUT2D eigenvalue weighted by atomic mass is 10.2. The van der Waals surface area contributed by atoms with E-state index in [-0.39, 0.29) is 12.4 Å². The quantitative estimate of drug-likeness (QED) is 0.869. The lowest BCUT2D eigenvalue weighted by Crippen LogP contribution is -2.06. The molecule has 0 bridgehead atoms. The Morgan fingerprint density at radius 2 is 2.29 bits per heavy atom. The zero-order valence-electron chi connectivity index (χ0n) is 8.93. The number of nitrogens with zero attached hydrogens (tertiary/aromatic N) is 3. The van der Waals surface area contributed by atoms with E-state index in [1.807, 2.05) is 0 Å². The van der Waals surface area contributed by atoms with Gasteiger partial charge in [0.1, 0.15) is 12.1 Å². The minimum Gasteiger partial charge on any atom is -0.302 e. The first kappa shape index (κ1) is 12.4. The summed E-state index contributed by atoms with van der Waals surface area (Å²) in [5.41, 5.74) is 0.492. The summed E-state index contributed by atoms with van der Waals surface area (Å²) in [4.78, 5) is 0. The largest absolute Gasteiger partial charge is 0.302 e. The molecule has 0 N–H and O–H groups in total. The Morgan fingerprint density at radius 1 is 1.53 bits per heavy atom. The van der Waals surface area contributed by atoms with Crippen molar-refractivity contribution in [2.45, 2.75) is 11.7 Å². The van der Waals surface area contributed by atoms with Gasteiger partial charge in [0.25, 0.3) is 0 Å². The Hall–Kier alpha value is -1.08. The first-order valence-corrected chi connectivity index (χ1v) is 7.08. The van der Waals surface area contributed by atoms with Crippen molar-refractivity contribution in [1.29, 1.82) is 0 Å². The highest BCUT2D eigenvalue weighted by Gasteiger charge is 2.10. The van der Waals surface area contributed by atoms with E-state index in [9.17, 15) is 8.60 Å². The van der Waals surface area contributed by atoms with E-state index >= 15 is 0 Å². The summed E-state index contributed by atoms with van der Waals surface area (Å²) in [5.74, 6) is -0.310. The maximum atomic E-state index is 13.5.